The highest BCUT2D eigenvalue weighted by molar-refractivity contribution is 7.87. The molecule has 0 radical (unpaired) electrons. The lowest BCUT2D eigenvalue weighted by Gasteiger charge is -2.33. The van der Waals surface area contributed by atoms with Gasteiger partial charge in [0, 0.05) is 44.0 Å². The number of rotatable bonds is 5. The van der Waals surface area contributed by atoms with Crippen LogP contribution >= 0.6 is 0 Å². The van der Waals surface area contributed by atoms with E-state index in [1.807, 2.05) is 20.2 Å². The molecule has 27 heavy (non-hydrogen) atoms. The fourth-order valence-electron chi connectivity index (χ4n) is 4.29. The third-order valence-electron chi connectivity index (χ3n) is 5.76. The number of halogens is 1. The van der Waals surface area contributed by atoms with E-state index >= 15 is 0 Å². The summed E-state index contributed by atoms with van der Waals surface area (Å²) in [7, 11) is -1.78. The third-order valence-corrected chi connectivity index (χ3v) is 7.37. The lowest BCUT2D eigenvalue weighted by atomic mass is 9.95. The molecule has 8 nitrogen and oxygen atoms in total. The van der Waals surface area contributed by atoms with Gasteiger partial charge in [-0.25, -0.2) is 14.4 Å². The molecular formula is C17H25FN6O2S. The molecule has 1 saturated heterocycles. The highest BCUT2D eigenvalue weighted by Gasteiger charge is 2.40. The maximum atomic E-state index is 13.0. The van der Waals surface area contributed by atoms with E-state index in [0.717, 1.165) is 29.3 Å². The predicted molar refractivity (Wildman–Crippen MR) is 101 cm³/mol. The van der Waals surface area contributed by atoms with Crippen molar-refractivity contribution in [2.45, 2.75) is 44.8 Å². The van der Waals surface area contributed by atoms with E-state index in [4.69, 9.17) is 0 Å². The topological polar surface area (TPSA) is 91.6 Å². The molecule has 2 fully saturated rings. The van der Waals surface area contributed by atoms with Gasteiger partial charge >= 0.3 is 0 Å². The zero-order chi connectivity index (χ0) is 19.3. The molecule has 148 valence electrons. The van der Waals surface area contributed by atoms with Crippen molar-refractivity contribution < 1.29 is 12.8 Å². The molecule has 4 rings (SSSR count). The van der Waals surface area contributed by atoms with Crippen molar-refractivity contribution in [3.8, 4) is 0 Å². The van der Waals surface area contributed by atoms with Gasteiger partial charge in [-0.15, -0.1) is 0 Å². The van der Waals surface area contributed by atoms with Crippen molar-refractivity contribution in [3.05, 3.63) is 23.8 Å². The SMILES string of the molecule is CNc1ncc2ncc([C@H]3C[C@@H](NS(=O)(=O)N4CC(F)C4)C[C@H]3C)n2c1C. The zero-order valence-corrected chi connectivity index (χ0v) is 16.5. The molecular weight excluding hydrogens is 371 g/mol. The number of aryl methyl sites for hydroxylation is 1. The molecule has 3 atom stereocenters. The van der Waals surface area contributed by atoms with E-state index in [1.54, 1.807) is 6.20 Å². The second-order valence-corrected chi connectivity index (χ2v) is 9.31. The Labute approximate surface area is 158 Å². The van der Waals surface area contributed by atoms with E-state index in [1.165, 1.54) is 4.31 Å². The van der Waals surface area contributed by atoms with Crippen LogP contribution in [0, 0.1) is 12.8 Å². The van der Waals surface area contributed by atoms with E-state index < -0.39 is 16.4 Å². The Morgan fingerprint density at radius 3 is 2.63 bits per heavy atom. The molecule has 1 aliphatic heterocycles. The molecule has 0 amide bonds. The predicted octanol–water partition coefficient (Wildman–Crippen LogP) is 1.45. The van der Waals surface area contributed by atoms with E-state index in [9.17, 15) is 12.8 Å². The fourth-order valence-corrected chi connectivity index (χ4v) is 5.77. The highest BCUT2D eigenvalue weighted by atomic mass is 32.2. The van der Waals surface area contributed by atoms with Gasteiger partial charge in [0.25, 0.3) is 10.2 Å². The Kier molecular flexibility index (Phi) is 4.59. The van der Waals surface area contributed by atoms with Crippen LogP contribution in [0.5, 0.6) is 0 Å². The van der Waals surface area contributed by atoms with Crippen molar-refractivity contribution in [1.82, 2.24) is 23.4 Å². The van der Waals surface area contributed by atoms with Gasteiger partial charge in [-0.1, -0.05) is 6.92 Å². The van der Waals surface area contributed by atoms with Crippen molar-refractivity contribution in [2.24, 2.45) is 5.92 Å². The Bertz CT molecular complexity index is 956. The maximum Gasteiger partial charge on any atom is 0.279 e. The van der Waals surface area contributed by atoms with Gasteiger partial charge < -0.3 is 5.32 Å². The van der Waals surface area contributed by atoms with Gasteiger partial charge in [-0.05, 0) is 25.7 Å². The van der Waals surface area contributed by atoms with Gasteiger partial charge in [0.2, 0.25) is 0 Å². The quantitative estimate of drug-likeness (QED) is 0.798. The van der Waals surface area contributed by atoms with Gasteiger partial charge in [0.1, 0.15) is 12.0 Å². The number of aromatic nitrogens is 3. The standard InChI is InChI=1S/C17H25FN6O2S/c1-10-4-13(22-27(25,26)23-8-12(18)9-23)5-14(10)15-6-20-16-7-21-17(19-3)11(2)24(15)16/h6-7,10,12-14,19,22H,4-5,8-9H2,1-3H3/t10-,13+,14+/m1/s1. The van der Waals surface area contributed by atoms with E-state index in [-0.39, 0.29) is 25.0 Å². The van der Waals surface area contributed by atoms with Gasteiger partial charge in [-0.2, -0.15) is 17.4 Å². The van der Waals surface area contributed by atoms with Crippen molar-refractivity contribution in [3.63, 3.8) is 0 Å². The molecule has 1 saturated carbocycles. The van der Waals surface area contributed by atoms with Crippen LogP contribution in [0.15, 0.2) is 12.4 Å². The Balaban J connectivity index is 1.56. The first-order valence-electron chi connectivity index (χ1n) is 9.22. The zero-order valence-electron chi connectivity index (χ0n) is 15.7. The second kappa shape index (κ2) is 6.68. The van der Waals surface area contributed by atoms with Crippen LogP contribution in [-0.4, -0.2) is 59.4 Å². The minimum absolute atomic E-state index is 0.0483. The van der Waals surface area contributed by atoms with Gasteiger partial charge in [0.15, 0.2) is 5.65 Å². The molecule has 0 spiro atoms. The van der Waals surface area contributed by atoms with Crippen molar-refractivity contribution in [2.75, 3.05) is 25.5 Å². The lowest BCUT2D eigenvalue weighted by Crippen LogP contribution is -2.56. The molecule has 2 aromatic rings. The first kappa shape index (κ1) is 18.6. The first-order valence-corrected chi connectivity index (χ1v) is 10.7. The van der Waals surface area contributed by atoms with Crippen LogP contribution in [-0.2, 0) is 10.2 Å². The van der Waals surface area contributed by atoms with E-state index in [0.29, 0.717) is 12.3 Å². The summed E-state index contributed by atoms with van der Waals surface area (Å²) in [6.45, 7) is 4.03. The van der Waals surface area contributed by atoms with Crippen LogP contribution in [0.3, 0.4) is 0 Å². The summed E-state index contributed by atoms with van der Waals surface area (Å²) in [5, 5.41) is 3.09. The minimum Gasteiger partial charge on any atom is -0.372 e. The normalized spacial score (nSPS) is 27.2. The summed E-state index contributed by atoms with van der Waals surface area (Å²) in [5.74, 6) is 1.28. The average molecular weight is 396 g/mol. The van der Waals surface area contributed by atoms with Gasteiger partial charge in [0.05, 0.1) is 11.9 Å². The minimum atomic E-state index is -3.62. The average Bonchev–Trinajstić information content (AvgIpc) is 3.15. The number of anilines is 1. The maximum absolute atomic E-state index is 13.0. The highest BCUT2D eigenvalue weighted by Crippen LogP contribution is 2.40. The number of nitrogens with zero attached hydrogens (tertiary/aromatic N) is 4. The summed E-state index contributed by atoms with van der Waals surface area (Å²) in [5.41, 5.74) is 2.84. The van der Waals surface area contributed by atoms with Crippen molar-refractivity contribution >= 4 is 21.7 Å². The second-order valence-electron chi connectivity index (χ2n) is 7.61. The molecule has 10 heteroatoms. The van der Waals surface area contributed by atoms with Crippen molar-refractivity contribution in [1.29, 1.82) is 0 Å². The molecule has 2 aromatic heterocycles. The van der Waals surface area contributed by atoms with Crippen LogP contribution in [0.1, 0.15) is 37.1 Å². The third kappa shape index (κ3) is 3.19. The van der Waals surface area contributed by atoms with Crippen LogP contribution < -0.4 is 10.0 Å². The van der Waals surface area contributed by atoms with E-state index in [2.05, 4.69) is 31.3 Å². The Morgan fingerprint density at radius 2 is 1.96 bits per heavy atom. The molecule has 0 aromatic carbocycles. The van der Waals surface area contributed by atoms with Crippen LogP contribution in [0.2, 0.25) is 0 Å². The molecule has 0 bridgehead atoms. The first-order chi connectivity index (χ1) is 12.8. The number of fused-ring (bicyclic) bond motifs is 1. The molecule has 1 aliphatic carbocycles. The number of hydrogen-bond donors (Lipinski definition) is 2. The number of alkyl halides is 1. The molecule has 0 unspecified atom stereocenters. The largest absolute Gasteiger partial charge is 0.372 e. The van der Waals surface area contributed by atoms with Crippen LogP contribution in [0.4, 0.5) is 10.2 Å². The van der Waals surface area contributed by atoms with Gasteiger partial charge in [-0.3, -0.25) is 4.40 Å². The van der Waals surface area contributed by atoms with Crippen LogP contribution in [0.25, 0.3) is 5.65 Å². The number of hydrogen-bond acceptors (Lipinski definition) is 5. The summed E-state index contributed by atoms with van der Waals surface area (Å²) in [6, 6.07) is -0.162. The summed E-state index contributed by atoms with van der Waals surface area (Å²) in [4.78, 5) is 8.84. The lowest BCUT2D eigenvalue weighted by molar-refractivity contribution is 0.139. The summed E-state index contributed by atoms with van der Waals surface area (Å²) < 4.78 is 43.8. The monoisotopic (exact) mass is 396 g/mol. The fraction of sp³-hybridized carbons (Fsp3) is 0.647. The summed E-state index contributed by atoms with van der Waals surface area (Å²) in [6.07, 6.45) is 3.99. The smallest absolute Gasteiger partial charge is 0.279 e. The molecule has 2 aliphatic rings. The molecule has 2 N–H and O–H groups in total. The Hall–Kier alpha value is -1.78. The summed E-state index contributed by atoms with van der Waals surface area (Å²) >= 11 is 0. The number of imidazole rings is 1. The molecule has 3 heterocycles. The number of nitrogens with one attached hydrogen (secondary N) is 2. The Morgan fingerprint density at radius 1 is 1.22 bits per heavy atom.